The van der Waals surface area contributed by atoms with E-state index in [0.29, 0.717) is 22.9 Å². The van der Waals surface area contributed by atoms with Gasteiger partial charge in [0.25, 0.3) is 0 Å². The van der Waals surface area contributed by atoms with E-state index in [2.05, 4.69) is 15.5 Å². The molecule has 3 aromatic rings. The Balaban J connectivity index is 1.26. The van der Waals surface area contributed by atoms with Crippen LogP contribution >= 0.6 is 11.8 Å². The fraction of sp³-hybridized carbons (Fsp3) is 0.259. The SMILES string of the molecule is CSCC(=O)N(C)C1CCN(c2ccc(NC(=O)Nc3ccc(Oc4ccccc4)cc3)cc2)C1. The number of urea groups is 1. The molecule has 2 N–H and O–H groups in total. The highest BCUT2D eigenvalue weighted by atomic mass is 32.2. The predicted molar refractivity (Wildman–Crippen MR) is 144 cm³/mol. The van der Waals surface area contributed by atoms with Crippen LogP contribution in [0.15, 0.2) is 78.9 Å². The predicted octanol–water partition coefficient (Wildman–Crippen LogP) is 5.52. The Morgan fingerprint density at radius 2 is 1.54 bits per heavy atom. The molecule has 35 heavy (non-hydrogen) atoms. The molecule has 3 amide bonds. The molecule has 3 aromatic carbocycles. The molecule has 8 heteroatoms. The molecule has 4 rings (SSSR count). The van der Waals surface area contributed by atoms with Crippen LogP contribution in [-0.2, 0) is 4.79 Å². The van der Waals surface area contributed by atoms with Crippen molar-refractivity contribution in [1.82, 2.24) is 4.90 Å². The Labute approximate surface area is 210 Å². The largest absolute Gasteiger partial charge is 0.457 e. The number of likely N-dealkylation sites (N-methyl/N-ethyl adjacent to an activating group) is 1. The third-order valence-corrected chi connectivity index (χ3v) is 6.49. The van der Waals surface area contributed by atoms with Gasteiger partial charge in [0, 0.05) is 37.2 Å². The third kappa shape index (κ3) is 6.70. The Kier molecular flexibility index (Phi) is 8.15. The molecule has 1 aliphatic rings. The lowest BCUT2D eigenvalue weighted by molar-refractivity contribution is -0.128. The van der Waals surface area contributed by atoms with E-state index < -0.39 is 0 Å². The summed E-state index contributed by atoms with van der Waals surface area (Å²) in [5, 5.41) is 5.70. The molecule has 1 atom stereocenters. The number of rotatable bonds is 8. The van der Waals surface area contributed by atoms with Gasteiger partial charge in [0.2, 0.25) is 5.91 Å². The molecular weight excluding hydrogens is 460 g/mol. The lowest BCUT2D eigenvalue weighted by Crippen LogP contribution is -2.40. The first-order valence-electron chi connectivity index (χ1n) is 11.5. The molecule has 1 unspecified atom stereocenters. The molecule has 1 fully saturated rings. The van der Waals surface area contributed by atoms with Crippen molar-refractivity contribution in [3.63, 3.8) is 0 Å². The average molecular weight is 491 g/mol. The summed E-state index contributed by atoms with van der Waals surface area (Å²) in [6.07, 6.45) is 2.90. The number of anilines is 3. The number of nitrogens with one attached hydrogen (secondary N) is 2. The molecular formula is C27H30N4O3S. The van der Waals surface area contributed by atoms with Gasteiger partial charge in [-0.05, 0) is 73.3 Å². The van der Waals surface area contributed by atoms with E-state index in [1.807, 2.05) is 84.9 Å². The standard InChI is InChI=1S/C27H30N4O3S/c1-30(26(32)19-35-2)23-16-17-31(18-23)22-12-8-20(9-13-22)28-27(33)29-21-10-14-25(15-11-21)34-24-6-4-3-5-7-24/h3-15,23H,16-19H2,1-2H3,(H2,28,29,33). The third-order valence-electron chi connectivity index (χ3n) is 5.95. The molecule has 7 nitrogen and oxygen atoms in total. The zero-order valence-corrected chi connectivity index (χ0v) is 20.8. The first kappa shape index (κ1) is 24.5. The topological polar surface area (TPSA) is 73.9 Å². The minimum Gasteiger partial charge on any atom is -0.457 e. The number of para-hydroxylation sites is 1. The number of carbonyl (C=O) groups excluding carboxylic acids is 2. The van der Waals surface area contributed by atoms with E-state index in [1.165, 1.54) is 0 Å². The van der Waals surface area contributed by atoms with Crippen molar-refractivity contribution in [1.29, 1.82) is 0 Å². The smallest absolute Gasteiger partial charge is 0.323 e. The van der Waals surface area contributed by atoms with Crippen LogP contribution in [0.1, 0.15) is 6.42 Å². The van der Waals surface area contributed by atoms with Gasteiger partial charge in [0.1, 0.15) is 11.5 Å². The number of carbonyl (C=O) groups is 2. The van der Waals surface area contributed by atoms with Gasteiger partial charge in [-0.3, -0.25) is 4.79 Å². The van der Waals surface area contributed by atoms with Crippen molar-refractivity contribution in [2.45, 2.75) is 12.5 Å². The van der Waals surface area contributed by atoms with E-state index in [9.17, 15) is 9.59 Å². The lowest BCUT2D eigenvalue weighted by Gasteiger charge is -2.25. The molecule has 0 saturated carbocycles. The van der Waals surface area contributed by atoms with Crippen molar-refractivity contribution < 1.29 is 14.3 Å². The summed E-state index contributed by atoms with van der Waals surface area (Å²) < 4.78 is 5.78. The van der Waals surface area contributed by atoms with Gasteiger partial charge in [-0.15, -0.1) is 0 Å². The average Bonchev–Trinajstić information content (AvgIpc) is 3.36. The van der Waals surface area contributed by atoms with Crippen LogP contribution in [0.3, 0.4) is 0 Å². The van der Waals surface area contributed by atoms with E-state index in [-0.39, 0.29) is 18.0 Å². The maximum atomic E-state index is 12.4. The number of benzene rings is 3. The maximum absolute atomic E-state index is 12.4. The molecule has 182 valence electrons. The van der Waals surface area contributed by atoms with Crippen LogP contribution in [0, 0.1) is 0 Å². The fourth-order valence-electron chi connectivity index (χ4n) is 4.00. The van der Waals surface area contributed by atoms with Gasteiger partial charge in [0.05, 0.1) is 11.8 Å². The van der Waals surface area contributed by atoms with Crippen molar-refractivity contribution in [3.8, 4) is 11.5 Å². The molecule has 0 aliphatic carbocycles. The van der Waals surface area contributed by atoms with Crippen LogP contribution in [-0.4, -0.2) is 55.0 Å². The Morgan fingerprint density at radius 1 is 0.943 bits per heavy atom. The van der Waals surface area contributed by atoms with Gasteiger partial charge >= 0.3 is 6.03 Å². The lowest BCUT2D eigenvalue weighted by atomic mass is 10.2. The second-order valence-electron chi connectivity index (χ2n) is 8.39. The Bertz CT molecular complexity index is 1120. The summed E-state index contributed by atoms with van der Waals surface area (Å²) in [6.45, 7) is 1.71. The highest BCUT2D eigenvalue weighted by molar-refractivity contribution is 7.99. The highest BCUT2D eigenvalue weighted by Gasteiger charge is 2.28. The second kappa shape index (κ2) is 11.7. The summed E-state index contributed by atoms with van der Waals surface area (Å²) in [4.78, 5) is 28.8. The maximum Gasteiger partial charge on any atom is 0.323 e. The Hall–Kier alpha value is -3.65. The Morgan fingerprint density at radius 3 is 2.17 bits per heavy atom. The molecule has 1 saturated heterocycles. The number of hydrogen-bond acceptors (Lipinski definition) is 5. The summed E-state index contributed by atoms with van der Waals surface area (Å²) in [7, 11) is 1.89. The molecule has 0 bridgehead atoms. The second-order valence-corrected chi connectivity index (χ2v) is 9.26. The first-order chi connectivity index (χ1) is 17.0. The van der Waals surface area contributed by atoms with Crippen LogP contribution in [0.5, 0.6) is 11.5 Å². The highest BCUT2D eigenvalue weighted by Crippen LogP contribution is 2.25. The molecule has 0 spiro atoms. The molecule has 0 aromatic heterocycles. The summed E-state index contributed by atoms with van der Waals surface area (Å²) >= 11 is 1.55. The monoisotopic (exact) mass is 490 g/mol. The molecule has 0 radical (unpaired) electrons. The van der Waals surface area contributed by atoms with E-state index in [0.717, 1.165) is 30.9 Å². The van der Waals surface area contributed by atoms with Gasteiger partial charge in [0.15, 0.2) is 0 Å². The zero-order chi connectivity index (χ0) is 24.6. The van der Waals surface area contributed by atoms with E-state index >= 15 is 0 Å². The number of hydrogen-bond donors (Lipinski definition) is 2. The van der Waals surface area contributed by atoms with Crippen LogP contribution in [0.25, 0.3) is 0 Å². The van der Waals surface area contributed by atoms with Crippen LogP contribution in [0.4, 0.5) is 21.9 Å². The van der Waals surface area contributed by atoms with Crippen LogP contribution < -0.4 is 20.3 Å². The quantitative estimate of drug-likeness (QED) is 0.435. The normalized spacial score (nSPS) is 14.9. The summed E-state index contributed by atoms with van der Waals surface area (Å²) in [5.74, 6) is 2.14. The first-order valence-corrected chi connectivity index (χ1v) is 12.9. The van der Waals surface area contributed by atoms with Gasteiger partial charge in [-0.1, -0.05) is 18.2 Å². The van der Waals surface area contributed by atoms with Gasteiger partial charge < -0.3 is 25.2 Å². The number of amides is 3. The fourth-order valence-corrected chi connectivity index (χ4v) is 4.45. The number of ether oxygens (including phenoxy) is 1. The number of nitrogens with zero attached hydrogens (tertiary/aromatic N) is 2. The van der Waals surface area contributed by atoms with E-state index in [1.54, 1.807) is 23.9 Å². The van der Waals surface area contributed by atoms with Crippen LogP contribution in [0.2, 0.25) is 0 Å². The van der Waals surface area contributed by atoms with Crippen molar-refractivity contribution in [2.75, 3.05) is 47.7 Å². The zero-order valence-electron chi connectivity index (χ0n) is 19.9. The molecule has 1 aliphatic heterocycles. The van der Waals surface area contributed by atoms with Gasteiger partial charge in [-0.2, -0.15) is 11.8 Å². The van der Waals surface area contributed by atoms with Crippen molar-refractivity contribution >= 4 is 40.8 Å². The van der Waals surface area contributed by atoms with Crippen molar-refractivity contribution in [2.24, 2.45) is 0 Å². The minimum absolute atomic E-state index is 0.174. The summed E-state index contributed by atoms with van der Waals surface area (Å²) in [6, 6.07) is 24.4. The van der Waals surface area contributed by atoms with E-state index in [4.69, 9.17) is 4.74 Å². The van der Waals surface area contributed by atoms with Crippen molar-refractivity contribution in [3.05, 3.63) is 78.9 Å². The number of thioether (sulfide) groups is 1. The molecule has 1 heterocycles. The van der Waals surface area contributed by atoms with Gasteiger partial charge in [-0.25, -0.2) is 4.79 Å². The summed E-state index contributed by atoms with van der Waals surface area (Å²) in [5.41, 5.74) is 2.46. The minimum atomic E-state index is -0.315.